The van der Waals surface area contributed by atoms with Crippen LogP contribution in [0.15, 0.2) is 30.3 Å². The zero-order valence-electron chi connectivity index (χ0n) is 8.86. The molecule has 1 aromatic carbocycles. The number of aldehydes is 1. The first-order valence-electron chi connectivity index (χ1n) is 4.45. The van der Waals surface area contributed by atoms with Crippen molar-refractivity contribution < 1.29 is 9.53 Å². The summed E-state index contributed by atoms with van der Waals surface area (Å²) in [6, 6.07) is 7.96. The van der Waals surface area contributed by atoms with Crippen LogP contribution in [-0.4, -0.2) is 13.4 Å². The topological polar surface area (TPSA) is 26.3 Å². The van der Waals surface area contributed by atoms with Gasteiger partial charge in [0.2, 0.25) is 0 Å². The van der Waals surface area contributed by atoms with Crippen LogP contribution in [0, 0.1) is 0 Å². The Morgan fingerprint density at radius 2 is 1.64 bits per heavy atom. The Labute approximate surface area is 85.2 Å². The van der Waals surface area contributed by atoms with E-state index in [1.54, 1.807) is 7.11 Å². The second kappa shape index (κ2) is 8.05. The summed E-state index contributed by atoms with van der Waals surface area (Å²) in [6.07, 6.45) is 4.82. The van der Waals surface area contributed by atoms with Crippen molar-refractivity contribution in [1.82, 2.24) is 0 Å². The van der Waals surface area contributed by atoms with E-state index in [1.165, 1.54) is 12.5 Å². The van der Waals surface area contributed by atoms with E-state index in [9.17, 15) is 0 Å². The Morgan fingerprint density at radius 1 is 1.14 bits per heavy atom. The molecule has 0 unspecified atom stereocenters. The van der Waals surface area contributed by atoms with Gasteiger partial charge in [-0.25, -0.2) is 0 Å². The van der Waals surface area contributed by atoms with Gasteiger partial charge in [0.15, 0.2) is 0 Å². The van der Waals surface area contributed by atoms with Gasteiger partial charge in [-0.3, -0.25) is 0 Å². The highest BCUT2D eigenvalue weighted by Gasteiger charge is 1.87. The Bertz CT molecular complexity index is 273. The summed E-state index contributed by atoms with van der Waals surface area (Å²) in [4.78, 5) is 8.81. The Kier molecular flexibility index (Phi) is 7.15. The lowest BCUT2D eigenvalue weighted by Gasteiger charge is -1.98. The maximum atomic E-state index is 8.81. The van der Waals surface area contributed by atoms with Crippen molar-refractivity contribution in [2.45, 2.75) is 13.8 Å². The van der Waals surface area contributed by atoms with Gasteiger partial charge in [-0.05, 0) is 31.5 Å². The van der Waals surface area contributed by atoms with E-state index < -0.39 is 0 Å². The molecular formula is C12H16O2. The Balaban J connectivity index is 0.000000500. The van der Waals surface area contributed by atoms with E-state index in [0.717, 1.165) is 12.0 Å². The fourth-order valence-electron chi connectivity index (χ4n) is 0.907. The number of allylic oxidation sites excluding steroid dienone is 1. The van der Waals surface area contributed by atoms with E-state index in [1.807, 2.05) is 37.3 Å². The van der Waals surface area contributed by atoms with Crippen LogP contribution in [0.25, 0.3) is 6.08 Å². The summed E-state index contributed by atoms with van der Waals surface area (Å²) in [5, 5.41) is 0. The highest BCUT2D eigenvalue weighted by atomic mass is 16.5. The van der Waals surface area contributed by atoms with Crippen LogP contribution in [0.1, 0.15) is 19.4 Å². The van der Waals surface area contributed by atoms with Gasteiger partial charge in [0, 0.05) is 0 Å². The predicted molar refractivity (Wildman–Crippen MR) is 59.4 cm³/mol. The molecular weight excluding hydrogens is 176 g/mol. The van der Waals surface area contributed by atoms with Gasteiger partial charge in [-0.2, -0.15) is 0 Å². The van der Waals surface area contributed by atoms with Gasteiger partial charge in [0.25, 0.3) is 0 Å². The maximum Gasteiger partial charge on any atom is 0.118 e. The molecule has 0 bridgehead atoms. The number of rotatable bonds is 2. The third kappa shape index (κ3) is 5.14. The van der Waals surface area contributed by atoms with Crippen LogP contribution >= 0.6 is 0 Å². The predicted octanol–water partition coefficient (Wildman–Crippen LogP) is 2.93. The smallest absolute Gasteiger partial charge is 0.118 e. The molecule has 0 aliphatic carbocycles. The first-order chi connectivity index (χ1) is 6.78. The first kappa shape index (κ1) is 12.4. The number of carbonyl (C=O) groups excluding carboxylic acids is 1. The molecule has 0 N–H and O–H groups in total. The molecule has 0 heterocycles. The van der Waals surface area contributed by atoms with Crippen LogP contribution in [0.5, 0.6) is 5.75 Å². The van der Waals surface area contributed by atoms with E-state index >= 15 is 0 Å². The lowest BCUT2D eigenvalue weighted by atomic mass is 10.2. The molecule has 76 valence electrons. The lowest BCUT2D eigenvalue weighted by molar-refractivity contribution is -0.106. The van der Waals surface area contributed by atoms with Crippen molar-refractivity contribution in [2.75, 3.05) is 7.11 Å². The van der Waals surface area contributed by atoms with Crippen LogP contribution in [0.2, 0.25) is 0 Å². The van der Waals surface area contributed by atoms with E-state index in [-0.39, 0.29) is 0 Å². The van der Waals surface area contributed by atoms with Crippen LogP contribution < -0.4 is 4.74 Å². The second-order valence-electron chi connectivity index (χ2n) is 2.51. The largest absolute Gasteiger partial charge is 0.497 e. The van der Waals surface area contributed by atoms with Crippen LogP contribution in [-0.2, 0) is 4.79 Å². The van der Waals surface area contributed by atoms with Gasteiger partial charge < -0.3 is 9.53 Å². The number of benzene rings is 1. The molecule has 0 aliphatic heterocycles. The lowest BCUT2D eigenvalue weighted by Crippen LogP contribution is -1.80. The number of carbonyl (C=O) groups is 1. The molecule has 0 atom stereocenters. The first-order valence-corrected chi connectivity index (χ1v) is 4.45. The van der Waals surface area contributed by atoms with Crippen molar-refractivity contribution in [3.05, 3.63) is 35.9 Å². The van der Waals surface area contributed by atoms with Gasteiger partial charge in [-0.15, -0.1) is 0 Å². The SMILES string of the molecule is C/C=C/c1ccc(OC)cc1.CC=O. The van der Waals surface area contributed by atoms with Crippen LogP contribution in [0.4, 0.5) is 0 Å². The van der Waals surface area contributed by atoms with Crippen molar-refractivity contribution in [2.24, 2.45) is 0 Å². The number of hydrogen-bond donors (Lipinski definition) is 0. The van der Waals surface area contributed by atoms with Gasteiger partial charge in [-0.1, -0.05) is 24.3 Å². The Morgan fingerprint density at radius 3 is 2.00 bits per heavy atom. The summed E-state index contributed by atoms with van der Waals surface area (Å²) < 4.78 is 5.02. The molecule has 0 aliphatic rings. The minimum atomic E-state index is 0.750. The zero-order valence-corrected chi connectivity index (χ0v) is 8.86. The van der Waals surface area contributed by atoms with Gasteiger partial charge >= 0.3 is 0 Å². The average molecular weight is 192 g/mol. The summed E-state index contributed by atoms with van der Waals surface area (Å²) >= 11 is 0. The molecule has 0 saturated heterocycles. The minimum absolute atomic E-state index is 0.750. The molecule has 14 heavy (non-hydrogen) atoms. The molecule has 0 aromatic heterocycles. The fourth-order valence-corrected chi connectivity index (χ4v) is 0.907. The monoisotopic (exact) mass is 192 g/mol. The Hall–Kier alpha value is -1.57. The molecule has 2 nitrogen and oxygen atoms in total. The van der Waals surface area contributed by atoms with Gasteiger partial charge in [0.1, 0.15) is 12.0 Å². The molecule has 0 fully saturated rings. The third-order valence-corrected chi connectivity index (χ3v) is 1.47. The minimum Gasteiger partial charge on any atom is -0.497 e. The highest BCUT2D eigenvalue weighted by Crippen LogP contribution is 2.11. The van der Waals surface area contributed by atoms with Gasteiger partial charge in [0.05, 0.1) is 7.11 Å². The zero-order chi connectivity index (χ0) is 10.8. The van der Waals surface area contributed by atoms with Crippen molar-refractivity contribution in [1.29, 1.82) is 0 Å². The van der Waals surface area contributed by atoms with Crippen LogP contribution in [0.3, 0.4) is 0 Å². The summed E-state index contributed by atoms with van der Waals surface area (Å²) in [7, 11) is 1.67. The standard InChI is InChI=1S/C10H12O.C2H4O/c1-3-4-9-5-7-10(11-2)8-6-9;1-2-3/h3-8H,1-2H3;2H,1H3/b4-3+;. The molecule has 1 rings (SSSR count). The summed E-state index contributed by atoms with van der Waals surface area (Å²) in [5.41, 5.74) is 1.20. The summed E-state index contributed by atoms with van der Waals surface area (Å²) in [5.74, 6) is 0.901. The number of methoxy groups -OCH3 is 1. The number of hydrogen-bond acceptors (Lipinski definition) is 2. The highest BCUT2D eigenvalue weighted by molar-refractivity contribution is 5.50. The van der Waals surface area contributed by atoms with E-state index in [2.05, 4.69) is 6.08 Å². The third-order valence-electron chi connectivity index (χ3n) is 1.47. The van der Waals surface area contributed by atoms with E-state index in [0.29, 0.717) is 0 Å². The number of ether oxygens (including phenoxy) is 1. The molecule has 0 radical (unpaired) electrons. The van der Waals surface area contributed by atoms with Crippen molar-refractivity contribution >= 4 is 12.4 Å². The summed E-state index contributed by atoms with van der Waals surface area (Å²) in [6.45, 7) is 3.45. The van der Waals surface area contributed by atoms with E-state index in [4.69, 9.17) is 9.53 Å². The molecule has 0 spiro atoms. The fraction of sp³-hybridized carbons (Fsp3) is 0.250. The van der Waals surface area contributed by atoms with Crippen molar-refractivity contribution in [3.63, 3.8) is 0 Å². The molecule has 1 aromatic rings. The molecule has 2 heteroatoms. The maximum absolute atomic E-state index is 8.81. The second-order valence-corrected chi connectivity index (χ2v) is 2.51. The van der Waals surface area contributed by atoms with Crippen molar-refractivity contribution in [3.8, 4) is 5.75 Å². The molecule has 0 amide bonds. The molecule has 0 saturated carbocycles. The quantitative estimate of drug-likeness (QED) is 0.673. The normalized spacial score (nSPS) is 9.07. The average Bonchev–Trinajstić information content (AvgIpc) is 2.21.